The van der Waals surface area contributed by atoms with E-state index in [-0.39, 0.29) is 0 Å². The minimum absolute atomic E-state index is 0.442. The smallest absolute Gasteiger partial charge is 0.151 e. The van der Waals surface area contributed by atoms with Crippen LogP contribution in [0.25, 0.3) is 10.3 Å². The number of fused-ring (bicyclic) bond motifs is 1. The van der Waals surface area contributed by atoms with Gasteiger partial charge in [-0.25, -0.2) is 9.97 Å². The lowest BCUT2D eigenvalue weighted by molar-refractivity contribution is 1.20. The lowest BCUT2D eigenvalue weighted by atomic mass is 10.5. The molecule has 2 heterocycles. The highest BCUT2D eigenvalue weighted by atomic mass is 35.5. The molecule has 2 rings (SSSR count). The molecule has 0 spiro atoms. The molecule has 0 atom stereocenters. The summed E-state index contributed by atoms with van der Waals surface area (Å²) in [6, 6.07) is 1.76. The Hall–Kier alpha value is -0.380. The van der Waals surface area contributed by atoms with Gasteiger partial charge in [0.15, 0.2) is 5.15 Å². The quantitative estimate of drug-likeness (QED) is 0.679. The fourth-order valence-electron chi connectivity index (χ4n) is 0.889. The van der Waals surface area contributed by atoms with Crippen LogP contribution in [0.4, 0.5) is 0 Å². The summed E-state index contributed by atoms with van der Waals surface area (Å²) in [5.41, 5.74) is 1.50. The van der Waals surface area contributed by atoms with Gasteiger partial charge in [-0.15, -0.1) is 11.3 Å². The largest absolute Gasteiger partial charge is 0.237 e. The summed E-state index contributed by atoms with van der Waals surface area (Å²) in [6.07, 6.45) is 0. The third-order valence-electron chi connectivity index (χ3n) is 1.45. The van der Waals surface area contributed by atoms with E-state index < -0.39 is 0 Å². The second-order valence-corrected chi connectivity index (χ2v) is 4.36. The van der Waals surface area contributed by atoms with Crippen LogP contribution in [0.3, 0.4) is 0 Å². The summed E-state index contributed by atoms with van der Waals surface area (Å²) in [6.45, 7) is 1.82. The molecule has 2 nitrogen and oxygen atoms in total. The van der Waals surface area contributed by atoms with Gasteiger partial charge in [-0.2, -0.15) is 0 Å². The van der Waals surface area contributed by atoms with Gasteiger partial charge in [0.1, 0.15) is 10.3 Å². The van der Waals surface area contributed by atoms with E-state index in [0.29, 0.717) is 9.49 Å². The molecule has 0 aliphatic rings. The van der Waals surface area contributed by atoms with Gasteiger partial charge < -0.3 is 0 Å². The van der Waals surface area contributed by atoms with Gasteiger partial charge in [-0.3, -0.25) is 0 Å². The van der Waals surface area contributed by atoms with Gasteiger partial charge in [-0.05, 0) is 13.0 Å². The Kier molecular flexibility index (Phi) is 1.94. The van der Waals surface area contributed by atoms with Crippen LogP contribution in [0.1, 0.15) is 5.69 Å². The van der Waals surface area contributed by atoms with E-state index in [1.165, 1.54) is 11.3 Å². The summed E-state index contributed by atoms with van der Waals surface area (Å²) in [7, 11) is 0. The van der Waals surface area contributed by atoms with Crippen molar-refractivity contribution >= 4 is 44.9 Å². The van der Waals surface area contributed by atoms with Crippen molar-refractivity contribution in [3.05, 3.63) is 21.2 Å². The van der Waals surface area contributed by atoms with Gasteiger partial charge in [-0.1, -0.05) is 23.2 Å². The van der Waals surface area contributed by atoms with Crippen LogP contribution in [0.5, 0.6) is 0 Å². The van der Waals surface area contributed by atoms with Crippen molar-refractivity contribution in [2.75, 3.05) is 0 Å². The summed E-state index contributed by atoms with van der Waals surface area (Å²) < 4.78 is 0.687. The lowest BCUT2D eigenvalue weighted by Gasteiger charge is -1.93. The van der Waals surface area contributed by atoms with Crippen LogP contribution >= 0.6 is 34.5 Å². The topological polar surface area (TPSA) is 25.8 Å². The van der Waals surface area contributed by atoms with E-state index in [4.69, 9.17) is 23.2 Å². The Balaban J connectivity index is 2.83. The third kappa shape index (κ3) is 1.28. The molecule has 0 saturated heterocycles. The highest BCUT2D eigenvalue weighted by Gasteiger charge is 2.05. The lowest BCUT2D eigenvalue weighted by Crippen LogP contribution is -1.85. The molecule has 62 valence electrons. The SMILES string of the molecule is Cc1nc2sc(Cl)cc2nc1Cl. The molecule has 0 aliphatic carbocycles. The Morgan fingerprint density at radius 3 is 2.83 bits per heavy atom. The number of aromatic nitrogens is 2. The van der Waals surface area contributed by atoms with Crippen molar-refractivity contribution in [2.45, 2.75) is 6.92 Å². The van der Waals surface area contributed by atoms with Crippen molar-refractivity contribution in [1.82, 2.24) is 9.97 Å². The monoisotopic (exact) mass is 218 g/mol. The van der Waals surface area contributed by atoms with Gasteiger partial charge in [0.05, 0.1) is 10.0 Å². The summed E-state index contributed by atoms with van der Waals surface area (Å²) in [4.78, 5) is 9.20. The maximum absolute atomic E-state index is 5.78. The minimum Gasteiger partial charge on any atom is -0.237 e. The number of rotatable bonds is 0. The van der Waals surface area contributed by atoms with Crippen LogP contribution in [-0.2, 0) is 0 Å². The first-order chi connectivity index (χ1) is 5.66. The van der Waals surface area contributed by atoms with Gasteiger partial charge in [0.2, 0.25) is 0 Å². The van der Waals surface area contributed by atoms with Crippen molar-refractivity contribution in [1.29, 1.82) is 0 Å². The fourth-order valence-corrected chi connectivity index (χ4v) is 2.09. The number of nitrogens with zero attached hydrogens (tertiary/aromatic N) is 2. The number of aryl methyl sites for hydroxylation is 1. The molecule has 2 aromatic heterocycles. The van der Waals surface area contributed by atoms with Crippen molar-refractivity contribution in [2.24, 2.45) is 0 Å². The third-order valence-corrected chi connectivity index (χ3v) is 2.96. The molecule has 0 saturated carbocycles. The van der Waals surface area contributed by atoms with Crippen molar-refractivity contribution < 1.29 is 0 Å². The van der Waals surface area contributed by atoms with Crippen LogP contribution in [0.15, 0.2) is 6.07 Å². The molecule has 0 fully saturated rings. The van der Waals surface area contributed by atoms with E-state index in [0.717, 1.165) is 16.0 Å². The van der Waals surface area contributed by atoms with Gasteiger partial charge >= 0.3 is 0 Å². The first kappa shape index (κ1) is 8.23. The summed E-state index contributed by atoms with van der Waals surface area (Å²) in [5, 5.41) is 0.442. The highest BCUT2D eigenvalue weighted by molar-refractivity contribution is 7.22. The van der Waals surface area contributed by atoms with E-state index in [9.17, 15) is 0 Å². The predicted octanol–water partition coefficient (Wildman–Crippen LogP) is 3.31. The van der Waals surface area contributed by atoms with Gasteiger partial charge in [0.25, 0.3) is 0 Å². The minimum atomic E-state index is 0.442. The first-order valence-electron chi connectivity index (χ1n) is 3.26. The van der Waals surface area contributed by atoms with Crippen LogP contribution in [-0.4, -0.2) is 9.97 Å². The second kappa shape index (κ2) is 2.83. The van der Waals surface area contributed by atoms with Crippen LogP contribution in [0, 0.1) is 6.92 Å². The standard InChI is InChI=1S/C7H4Cl2N2S/c1-3-6(9)11-4-2-5(8)12-7(4)10-3/h2H,1H3. The fraction of sp³-hybridized carbons (Fsp3) is 0.143. The van der Waals surface area contributed by atoms with E-state index >= 15 is 0 Å². The number of thiophene rings is 1. The average Bonchev–Trinajstić information content (AvgIpc) is 2.30. The Labute approximate surface area is 83.2 Å². The molecule has 0 aliphatic heterocycles. The number of hydrogen-bond donors (Lipinski definition) is 0. The molecule has 0 bridgehead atoms. The summed E-state index contributed by atoms with van der Waals surface area (Å²) in [5.74, 6) is 0. The molecule has 12 heavy (non-hydrogen) atoms. The number of hydrogen-bond acceptors (Lipinski definition) is 3. The molecular weight excluding hydrogens is 215 g/mol. The molecule has 0 radical (unpaired) electrons. The predicted molar refractivity (Wildman–Crippen MR) is 52.2 cm³/mol. The zero-order valence-corrected chi connectivity index (χ0v) is 8.46. The van der Waals surface area contributed by atoms with Crippen LogP contribution < -0.4 is 0 Å². The number of halogens is 2. The highest BCUT2D eigenvalue weighted by Crippen LogP contribution is 2.28. The molecule has 0 N–H and O–H groups in total. The molecular formula is C7H4Cl2N2S. The maximum atomic E-state index is 5.78. The Morgan fingerprint density at radius 2 is 2.08 bits per heavy atom. The Bertz CT molecular complexity index is 399. The molecule has 5 heteroatoms. The van der Waals surface area contributed by atoms with Crippen molar-refractivity contribution in [3.63, 3.8) is 0 Å². The van der Waals surface area contributed by atoms with Crippen molar-refractivity contribution in [3.8, 4) is 0 Å². The molecule has 2 aromatic rings. The maximum Gasteiger partial charge on any atom is 0.151 e. The first-order valence-corrected chi connectivity index (χ1v) is 4.83. The molecule has 0 aromatic carbocycles. The van der Waals surface area contributed by atoms with Crippen LogP contribution in [0.2, 0.25) is 9.49 Å². The second-order valence-electron chi connectivity index (χ2n) is 2.34. The molecule has 0 amide bonds. The Morgan fingerprint density at radius 1 is 1.33 bits per heavy atom. The van der Waals surface area contributed by atoms with E-state index in [2.05, 4.69) is 9.97 Å². The van der Waals surface area contributed by atoms with E-state index in [1.807, 2.05) is 6.92 Å². The zero-order chi connectivity index (χ0) is 8.72. The average molecular weight is 219 g/mol. The normalized spacial score (nSPS) is 10.9. The van der Waals surface area contributed by atoms with E-state index in [1.54, 1.807) is 6.07 Å². The molecule has 0 unspecified atom stereocenters. The zero-order valence-electron chi connectivity index (χ0n) is 6.14. The van der Waals surface area contributed by atoms with Gasteiger partial charge in [0, 0.05) is 0 Å². The summed E-state index contributed by atoms with van der Waals surface area (Å²) >= 11 is 13.0.